The highest BCUT2D eigenvalue weighted by Gasteiger charge is 2.28. The molecule has 0 bridgehead atoms. The van der Waals surface area contributed by atoms with Crippen LogP contribution >= 0.6 is 0 Å². The van der Waals surface area contributed by atoms with E-state index in [-0.39, 0.29) is 11.9 Å². The van der Waals surface area contributed by atoms with Gasteiger partial charge in [-0.15, -0.1) is 0 Å². The molecule has 6 nitrogen and oxygen atoms in total. The lowest BCUT2D eigenvalue weighted by Crippen LogP contribution is -2.38. The summed E-state index contributed by atoms with van der Waals surface area (Å²) in [5, 5.41) is 2.89. The van der Waals surface area contributed by atoms with Crippen LogP contribution in [0.15, 0.2) is 12.1 Å². The summed E-state index contributed by atoms with van der Waals surface area (Å²) in [6, 6.07) is 3.40. The molecule has 3 N–H and O–H groups in total. The number of rotatable bonds is 10. The van der Waals surface area contributed by atoms with Crippen molar-refractivity contribution >= 4 is 5.91 Å². The van der Waals surface area contributed by atoms with Gasteiger partial charge in [-0.1, -0.05) is 0 Å². The summed E-state index contributed by atoms with van der Waals surface area (Å²) < 4.78 is 16.9. The molecule has 1 aliphatic rings. The van der Waals surface area contributed by atoms with Gasteiger partial charge in [-0.3, -0.25) is 4.79 Å². The van der Waals surface area contributed by atoms with Crippen LogP contribution in [0.4, 0.5) is 0 Å². The van der Waals surface area contributed by atoms with Gasteiger partial charge in [-0.2, -0.15) is 0 Å². The van der Waals surface area contributed by atoms with E-state index in [0.717, 1.165) is 12.8 Å². The number of carbonyl (C=O) groups is 1. The van der Waals surface area contributed by atoms with Crippen LogP contribution in [0.1, 0.15) is 44.0 Å². The third-order valence-electron chi connectivity index (χ3n) is 3.90. The van der Waals surface area contributed by atoms with Crippen molar-refractivity contribution in [2.24, 2.45) is 11.7 Å². The fourth-order valence-electron chi connectivity index (χ4n) is 2.52. The first-order valence-electron chi connectivity index (χ1n) is 8.70. The average Bonchev–Trinajstić information content (AvgIpc) is 3.40. The van der Waals surface area contributed by atoms with E-state index < -0.39 is 0 Å². The summed E-state index contributed by atoms with van der Waals surface area (Å²) in [7, 11) is 0. The Morgan fingerprint density at radius 1 is 1.12 bits per heavy atom. The molecule has 1 amide bonds. The van der Waals surface area contributed by atoms with E-state index in [2.05, 4.69) is 5.32 Å². The van der Waals surface area contributed by atoms with Crippen molar-refractivity contribution < 1.29 is 19.0 Å². The van der Waals surface area contributed by atoms with E-state index >= 15 is 0 Å². The molecule has 0 heterocycles. The Kier molecular flexibility index (Phi) is 6.73. The second-order valence-corrected chi connectivity index (χ2v) is 5.81. The highest BCUT2D eigenvalue weighted by atomic mass is 16.5. The Hall–Kier alpha value is -1.95. The Morgan fingerprint density at radius 3 is 2.12 bits per heavy atom. The molecular formula is C18H28N2O4. The molecule has 2 rings (SSSR count). The van der Waals surface area contributed by atoms with Gasteiger partial charge in [-0.05, 0) is 51.7 Å². The fourth-order valence-corrected chi connectivity index (χ4v) is 2.52. The molecule has 1 aromatic carbocycles. The van der Waals surface area contributed by atoms with Gasteiger partial charge in [0.2, 0.25) is 5.75 Å². The van der Waals surface area contributed by atoms with Gasteiger partial charge < -0.3 is 25.3 Å². The lowest BCUT2D eigenvalue weighted by atomic mass is 10.1. The van der Waals surface area contributed by atoms with Crippen LogP contribution in [-0.4, -0.2) is 38.3 Å². The van der Waals surface area contributed by atoms with Crippen molar-refractivity contribution in [1.29, 1.82) is 0 Å². The molecule has 1 unspecified atom stereocenters. The van der Waals surface area contributed by atoms with E-state index in [1.165, 1.54) is 0 Å². The standard InChI is InChI=1S/C18H28N2O4/c1-4-22-15-9-13(10-16(23-5-2)17(15)24-6-3)18(21)20-11-14(19)12-7-8-12/h9-10,12,14H,4-8,11,19H2,1-3H3,(H,20,21). The Labute approximate surface area is 143 Å². The molecule has 0 radical (unpaired) electrons. The number of carbonyl (C=O) groups excluding carboxylic acids is 1. The summed E-state index contributed by atoms with van der Waals surface area (Å²) >= 11 is 0. The Balaban J connectivity index is 2.18. The normalized spacial score (nSPS) is 14.8. The van der Waals surface area contributed by atoms with Crippen molar-refractivity contribution in [3.8, 4) is 17.2 Å². The number of amides is 1. The van der Waals surface area contributed by atoms with Crippen molar-refractivity contribution in [2.45, 2.75) is 39.7 Å². The molecule has 0 aromatic heterocycles. The molecule has 1 aliphatic carbocycles. The minimum atomic E-state index is -0.184. The van der Waals surface area contributed by atoms with Crippen LogP contribution < -0.4 is 25.3 Å². The zero-order valence-electron chi connectivity index (χ0n) is 14.8. The van der Waals surface area contributed by atoms with E-state index in [1.54, 1.807) is 12.1 Å². The lowest BCUT2D eigenvalue weighted by Gasteiger charge is -2.17. The first kappa shape index (κ1) is 18.4. The highest BCUT2D eigenvalue weighted by Crippen LogP contribution is 2.39. The number of hydrogen-bond donors (Lipinski definition) is 2. The minimum Gasteiger partial charge on any atom is -0.490 e. The molecule has 1 aromatic rings. The predicted octanol–water partition coefficient (Wildman–Crippen LogP) is 2.35. The smallest absolute Gasteiger partial charge is 0.251 e. The summed E-state index contributed by atoms with van der Waals surface area (Å²) in [4.78, 5) is 12.5. The first-order chi connectivity index (χ1) is 11.6. The topological polar surface area (TPSA) is 82.8 Å². The van der Waals surface area contributed by atoms with Crippen LogP contribution in [0.5, 0.6) is 17.2 Å². The molecule has 0 aliphatic heterocycles. The Bertz CT molecular complexity index is 531. The number of nitrogens with two attached hydrogens (primary N) is 1. The summed E-state index contributed by atoms with van der Waals surface area (Å²) in [6.45, 7) is 7.58. The number of ether oxygens (including phenoxy) is 3. The van der Waals surface area contributed by atoms with Gasteiger partial charge in [0.05, 0.1) is 19.8 Å². The molecule has 24 heavy (non-hydrogen) atoms. The quantitative estimate of drug-likeness (QED) is 0.685. The van der Waals surface area contributed by atoms with Crippen LogP contribution in [-0.2, 0) is 0 Å². The zero-order chi connectivity index (χ0) is 17.5. The highest BCUT2D eigenvalue weighted by molar-refractivity contribution is 5.95. The largest absolute Gasteiger partial charge is 0.490 e. The second-order valence-electron chi connectivity index (χ2n) is 5.81. The van der Waals surface area contributed by atoms with Crippen molar-refractivity contribution in [3.63, 3.8) is 0 Å². The molecule has 1 atom stereocenters. The maximum atomic E-state index is 12.5. The second kappa shape index (κ2) is 8.78. The van der Waals surface area contributed by atoms with Crippen LogP contribution in [0.2, 0.25) is 0 Å². The average molecular weight is 336 g/mol. The molecule has 0 saturated heterocycles. The van der Waals surface area contributed by atoms with Crippen molar-refractivity contribution in [1.82, 2.24) is 5.32 Å². The van der Waals surface area contributed by atoms with Gasteiger partial charge in [0, 0.05) is 18.2 Å². The monoisotopic (exact) mass is 336 g/mol. The number of benzene rings is 1. The summed E-state index contributed by atoms with van der Waals surface area (Å²) in [6.07, 6.45) is 2.31. The van der Waals surface area contributed by atoms with Gasteiger partial charge in [0.1, 0.15) is 0 Å². The van der Waals surface area contributed by atoms with E-state index in [9.17, 15) is 4.79 Å². The molecule has 0 spiro atoms. The van der Waals surface area contributed by atoms with Gasteiger partial charge >= 0.3 is 0 Å². The number of hydrogen-bond acceptors (Lipinski definition) is 5. The molecule has 6 heteroatoms. The van der Waals surface area contributed by atoms with Crippen LogP contribution in [0.3, 0.4) is 0 Å². The summed E-state index contributed by atoms with van der Waals surface area (Å²) in [5.74, 6) is 1.93. The Morgan fingerprint density at radius 2 is 1.67 bits per heavy atom. The maximum absolute atomic E-state index is 12.5. The molecular weight excluding hydrogens is 308 g/mol. The van der Waals surface area contributed by atoms with E-state index in [1.807, 2.05) is 20.8 Å². The maximum Gasteiger partial charge on any atom is 0.251 e. The van der Waals surface area contributed by atoms with Gasteiger partial charge in [-0.25, -0.2) is 0 Å². The lowest BCUT2D eigenvalue weighted by molar-refractivity contribution is 0.0949. The molecule has 1 saturated carbocycles. The predicted molar refractivity (Wildman–Crippen MR) is 93.0 cm³/mol. The number of nitrogens with one attached hydrogen (secondary N) is 1. The first-order valence-corrected chi connectivity index (χ1v) is 8.70. The summed E-state index contributed by atoms with van der Waals surface area (Å²) in [5.41, 5.74) is 6.52. The van der Waals surface area contributed by atoms with Crippen molar-refractivity contribution in [2.75, 3.05) is 26.4 Å². The molecule has 1 fully saturated rings. The SMILES string of the molecule is CCOc1cc(C(=O)NCC(N)C2CC2)cc(OCC)c1OCC. The minimum absolute atomic E-state index is 0.0226. The van der Waals surface area contributed by atoms with Crippen molar-refractivity contribution in [3.05, 3.63) is 17.7 Å². The zero-order valence-corrected chi connectivity index (χ0v) is 14.8. The molecule has 134 valence electrons. The third kappa shape index (κ3) is 4.77. The van der Waals surface area contributed by atoms with Gasteiger partial charge in [0.25, 0.3) is 5.91 Å². The van der Waals surface area contributed by atoms with Crippen LogP contribution in [0.25, 0.3) is 0 Å². The van der Waals surface area contributed by atoms with E-state index in [0.29, 0.717) is 55.1 Å². The third-order valence-corrected chi connectivity index (χ3v) is 3.90. The van der Waals surface area contributed by atoms with Crippen LogP contribution in [0, 0.1) is 5.92 Å². The van der Waals surface area contributed by atoms with Gasteiger partial charge in [0.15, 0.2) is 11.5 Å². The van der Waals surface area contributed by atoms with E-state index in [4.69, 9.17) is 19.9 Å². The fraction of sp³-hybridized carbons (Fsp3) is 0.611.